The lowest BCUT2D eigenvalue weighted by Crippen LogP contribution is -2.26. The first kappa shape index (κ1) is 25.2. The van der Waals surface area contributed by atoms with Crippen molar-refractivity contribution >= 4 is 55.5 Å². The third-order valence-electron chi connectivity index (χ3n) is 5.74. The number of fused-ring (bicyclic) bond motifs is 1. The average Bonchev–Trinajstić information content (AvgIpc) is 3.16. The van der Waals surface area contributed by atoms with E-state index < -0.39 is 21.9 Å². The molecule has 0 atom stereocenters. The van der Waals surface area contributed by atoms with Gasteiger partial charge in [-0.25, -0.2) is 13.2 Å². The number of sulfonamides is 1. The van der Waals surface area contributed by atoms with Crippen LogP contribution in [0, 0.1) is 6.92 Å². The van der Waals surface area contributed by atoms with Crippen LogP contribution in [0.25, 0.3) is 0 Å². The van der Waals surface area contributed by atoms with Gasteiger partial charge in [-0.15, -0.1) is 11.3 Å². The minimum Gasteiger partial charge on any atom is -0.465 e. The molecule has 1 amide bonds. The molecule has 2 aromatic carbocycles. The van der Waals surface area contributed by atoms with Gasteiger partial charge in [-0.1, -0.05) is 29.8 Å². The molecule has 0 radical (unpaired) electrons. The summed E-state index contributed by atoms with van der Waals surface area (Å²) in [6, 6.07) is 10.9. The van der Waals surface area contributed by atoms with Gasteiger partial charge in [-0.3, -0.25) is 9.52 Å². The fourth-order valence-electron chi connectivity index (χ4n) is 3.85. The van der Waals surface area contributed by atoms with Crippen LogP contribution in [0.1, 0.15) is 36.7 Å². The number of thiophene rings is 1. The molecule has 184 valence electrons. The van der Waals surface area contributed by atoms with Gasteiger partial charge in [0.15, 0.2) is 0 Å². The van der Waals surface area contributed by atoms with Crippen molar-refractivity contribution in [3.63, 3.8) is 0 Å². The lowest BCUT2D eigenvalue weighted by Gasteiger charge is -2.22. The Morgan fingerprint density at radius 1 is 1.17 bits per heavy atom. The molecular formula is C24H24ClN3O5S2. The topological polar surface area (TPSA) is 105 Å². The van der Waals surface area contributed by atoms with Gasteiger partial charge in [-0.05, 0) is 55.8 Å². The van der Waals surface area contributed by atoms with Gasteiger partial charge in [0.2, 0.25) is 0 Å². The molecular weight excluding hydrogens is 510 g/mol. The summed E-state index contributed by atoms with van der Waals surface area (Å²) >= 11 is 7.52. The van der Waals surface area contributed by atoms with Gasteiger partial charge in [0.25, 0.3) is 15.9 Å². The molecule has 4 rings (SSSR count). The summed E-state index contributed by atoms with van der Waals surface area (Å²) in [6.07, 6.45) is 0.663. The second-order valence-electron chi connectivity index (χ2n) is 8.21. The highest BCUT2D eigenvalue weighted by Crippen LogP contribution is 2.37. The van der Waals surface area contributed by atoms with Gasteiger partial charge in [0.1, 0.15) is 9.90 Å². The predicted octanol–water partition coefficient (Wildman–Crippen LogP) is 4.54. The molecule has 0 bridgehead atoms. The van der Waals surface area contributed by atoms with E-state index in [0.29, 0.717) is 29.2 Å². The van der Waals surface area contributed by atoms with Crippen LogP contribution in [-0.2, 0) is 27.7 Å². The van der Waals surface area contributed by atoms with Crippen LogP contribution in [0.5, 0.6) is 0 Å². The number of aryl methyl sites for hydroxylation is 1. The smallest absolute Gasteiger partial charge is 0.341 e. The largest absolute Gasteiger partial charge is 0.465 e. The van der Waals surface area contributed by atoms with E-state index in [1.54, 1.807) is 31.2 Å². The number of halogens is 1. The Kier molecular flexibility index (Phi) is 7.18. The molecule has 35 heavy (non-hydrogen) atoms. The van der Waals surface area contributed by atoms with E-state index in [-0.39, 0.29) is 15.5 Å². The zero-order valence-electron chi connectivity index (χ0n) is 19.3. The number of nitrogens with one attached hydrogen (secondary N) is 2. The number of rotatable bonds is 6. The van der Waals surface area contributed by atoms with E-state index in [2.05, 4.69) is 14.9 Å². The molecule has 0 unspecified atom stereocenters. The van der Waals surface area contributed by atoms with Gasteiger partial charge < -0.3 is 15.0 Å². The first-order valence-electron chi connectivity index (χ1n) is 10.7. The van der Waals surface area contributed by atoms with Crippen LogP contribution in [0.2, 0.25) is 5.02 Å². The minimum absolute atomic E-state index is 0.0208. The van der Waals surface area contributed by atoms with Crippen molar-refractivity contribution in [1.29, 1.82) is 0 Å². The number of likely N-dealkylation sites (N-methyl/N-ethyl adjacent to an activating group) is 1. The molecule has 3 aromatic rings. The fraction of sp³-hybridized carbons (Fsp3) is 0.250. The zero-order chi connectivity index (χ0) is 25.3. The Bertz CT molecular complexity index is 1420. The van der Waals surface area contributed by atoms with E-state index in [4.69, 9.17) is 16.3 Å². The Labute approximate surface area is 212 Å². The highest BCUT2D eigenvalue weighted by atomic mass is 35.5. The first-order chi connectivity index (χ1) is 16.6. The molecule has 1 aliphatic rings. The van der Waals surface area contributed by atoms with E-state index in [9.17, 15) is 18.0 Å². The number of ether oxygens (including phenoxy) is 1. The number of amides is 1. The van der Waals surface area contributed by atoms with Crippen LogP contribution in [0.4, 0.5) is 10.7 Å². The first-order valence-corrected chi connectivity index (χ1v) is 13.4. The summed E-state index contributed by atoms with van der Waals surface area (Å²) < 4.78 is 33.6. The normalized spacial score (nSPS) is 13.7. The lowest BCUT2D eigenvalue weighted by molar-refractivity contribution is 0.0600. The Morgan fingerprint density at radius 2 is 1.91 bits per heavy atom. The number of para-hydroxylation sites is 1. The summed E-state index contributed by atoms with van der Waals surface area (Å²) in [5.41, 5.74) is 2.45. The van der Waals surface area contributed by atoms with Crippen LogP contribution in [-0.4, -0.2) is 45.9 Å². The molecule has 8 nitrogen and oxygen atoms in total. The molecule has 11 heteroatoms. The highest BCUT2D eigenvalue weighted by molar-refractivity contribution is 7.92. The van der Waals surface area contributed by atoms with E-state index in [0.717, 1.165) is 22.5 Å². The maximum absolute atomic E-state index is 13.1. The van der Waals surface area contributed by atoms with Gasteiger partial charge in [0, 0.05) is 23.5 Å². The van der Waals surface area contributed by atoms with Gasteiger partial charge in [0.05, 0.1) is 23.4 Å². The average molecular weight is 534 g/mol. The maximum atomic E-state index is 13.1. The van der Waals surface area contributed by atoms with Crippen LogP contribution in [0.3, 0.4) is 0 Å². The standard InChI is InChI=1S/C24H24ClN3O5S2/c1-14-6-4-5-7-18(14)27-35(31,32)20-12-15(8-9-17(20)25)22(29)26-23-21(24(30)33-3)16-10-11-28(2)13-19(16)34-23/h4-9,12,27H,10-11,13H2,1-3H3,(H,26,29). The summed E-state index contributed by atoms with van der Waals surface area (Å²) in [5, 5.41) is 3.13. The summed E-state index contributed by atoms with van der Waals surface area (Å²) in [4.78, 5) is 28.5. The monoisotopic (exact) mass is 533 g/mol. The Morgan fingerprint density at radius 3 is 2.63 bits per heavy atom. The summed E-state index contributed by atoms with van der Waals surface area (Å²) in [5.74, 6) is -1.09. The molecule has 0 saturated carbocycles. The van der Waals surface area contributed by atoms with Crippen molar-refractivity contribution in [3.8, 4) is 0 Å². The number of hydrogen-bond acceptors (Lipinski definition) is 7. The number of anilines is 2. The van der Waals surface area contributed by atoms with E-state index >= 15 is 0 Å². The quantitative estimate of drug-likeness (QED) is 0.451. The number of carbonyl (C=O) groups excluding carboxylic acids is 2. The molecule has 2 N–H and O–H groups in total. The Balaban J connectivity index is 1.65. The summed E-state index contributed by atoms with van der Waals surface area (Å²) in [6.45, 7) is 3.22. The third kappa shape index (κ3) is 5.20. The van der Waals surface area contributed by atoms with Crippen molar-refractivity contribution in [2.24, 2.45) is 0 Å². The number of methoxy groups -OCH3 is 1. The number of carbonyl (C=O) groups is 2. The van der Waals surface area contributed by atoms with Gasteiger partial charge in [-0.2, -0.15) is 0 Å². The molecule has 0 aliphatic carbocycles. The molecule has 0 spiro atoms. The lowest BCUT2D eigenvalue weighted by atomic mass is 10.0. The fourth-order valence-corrected chi connectivity index (χ4v) is 6.82. The highest BCUT2D eigenvalue weighted by Gasteiger charge is 2.29. The molecule has 1 aromatic heterocycles. The van der Waals surface area contributed by atoms with Crippen molar-refractivity contribution in [2.75, 3.05) is 30.7 Å². The minimum atomic E-state index is -4.07. The number of nitrogens with zero attached hydrogens (tertiary/aromatic N) is 1. The van der Waals surface area contributed by atoms with Crippen LogP contribution < -0.4 is 10.0 Å². The Hall–Kier alpha value is -2.92. The summed E-state index contributed by atoms with van der Waals surface area (Å²) in [7, 11) is -0.786. The zero-order valence-corrected chi connectivity index (χ0v) is 21.7. The predicted molar refractivity (Wildman–Crippen MR) is 137 cm³/mol. The van der Waals surface area contributed by atoms with Crippen LogP contribution >= 0.6 is 22.9 Å². The van der Waals surface area contributed by atoms with Crippen molar-refractivity contribution < 1.29 is 22.7 Å². The maximum Gasteiger partial charge on any atom is 0.341 e. The second kappa shape index (κ2) is 9.98. The molecule has 0 saturated heterocycles. The van der Waals surface area contributed by atoms with Crippen LogP contribution in [0.15, 0.2) is 47.4 Å². The number of benzene rings is 2. The number of esters is 1. The molecule has 1 aliphatic heterocycles. The van der Waals surface area contributed by atoms with Gasteiger partial charge >= 0.3 is 5.97 Å². The third-order valence-corrected chi connectivity index (χ3v) is 8.72. The van der Waals surface area contributed by atoms with E-state index in [1.807, 2.05) is 7.05 Å². The molecule has 2 heterocycles. The molecule has 0 fully saturated rings. The van der Waals surface area contributed by atoms with Crippen molar-refractivity contribution in [1.82, 2.24) is 4.90 Å². The SMILES string of the molecule is COC(=O)c1c(NC(=O)c2ccc(Cl)c(S(=O)(=O)Nc3ccccc3C)c2)sc2c1CCN(C)C2. The number of hydrogen-bond donors (Lipinski definition) is 2. The van der Waals surface area contributed by atoms with Crippen molar-refractivity contribution in [2.45, 2.75) is 24.8 Å². The van der Waals surface area contributed by atoms with E-state index in [1.165, 1.54) is 36.6 Å². The van der Waals surface area contributed by atoms with Crippen molar-refractivity contribution in [3.05, 3.63) is 74.6 Å². The second-order valence-corrected chi connectivity index (χ2v) is 11.4.